The molecule has 8 aromatic carbocycles. The number of carbonyl (C=O) groups is 3. The van der Waals surface area contributed by atoms with Crippen molar-refractivity contribution in [1.82, 2.24) is 19.9 Å². The molecule has 1 aliphatic heterocycles. The topological polar surface area (TPSA) is 338 Å². The van der Waals surface area contributed by atoms with E-state index in [-0.39, 0.29) is 68.0 Å². The number of nitrogens with two attached hydrogens (primary N) is 6. The van der Waals surface area contributed by atoms with E-state index in [0.29, 0.717) is 39.7 Å². The maximum Gasteiger partial charge on any atom is 0.335 e. The summed E-state index contributed by atoms with van der Waals surface area (Å²) in [6.45, 7) is 7.24. The van der Waals surface area contributed by atoms with Gasteiger partial charge in [0.05, 0.1) is 73.0 Å². The van der Waals surface area contributed by atoms with Crippen molar-refractivity contribution in [2.75, 3.05) is 34.4 Å². The number of rotatable bonds is 5. The number of aromatic carboxylic acids is 2. The van der Waals surface area contributed by atoms with Crippen LogP contribution in [0.1, 0.15) is 81.2 Å². The number of H-pyrrole nitrogens is 2. The average Bonchev–Trinajstić information content (AvgIpc) is 4.14. The van der Waals surface area contributed by atoms with Gasteiger partial charge in [0.2, 0.25) is 0 Å². The van der Waals surface area contributed by atoms with Gasteiger partial charge in [0.1, 0.15) is 11.6 Å². The van der Waals surface area contributed by atoms with Crippen molar-refractivity contribution >= 4 is 85.5 Å². The molecule has 0 atom stereocenters. The Balaban J connectivity index is 0.000000515. The number of carboxylic acids is 3. The van der Waals surface area contributed by atoms with Crippen LogP contribution in [-0.2, 0) is 43.9 Å². The van der Waals surface area contributed by atoms with Crippen LogP contribution in [0.2, 0.25) is 0 Å². The van der Waals surface area contributed by atoms with Crippen LogP contribution in [0.3, 0.4) is 0 Å². The zero-order chi connectivity index (χ0) is 55.1. The molecule has 0 unspecified atom stereocenters. The number of nitrogens with one attached hydrogen (secondary N) is 2. The van der Waals surface area contributed by atoms with Crippen molar-refractivity contribution in [1.29, 1.82) is 0 Å². The van der Waals surface area contributed by atoms with E-state index < -0.39 is 17.9 Å². The maximum atomic E-state index is 10.4. The second kappa shape index (κ2) is 32.6. The SMILES string of the molecule is C.C.C.C.CC(=O)O.CC1=Nc2cc(C)ccc2C1.Cc1nc2ccc(-c3ccc4nc(-c5ccccc5)[nH]c4c3)cc2[nH]1.Nc1ccc(-c2ccc(N)c(N)c2)cc1N.Nc1ccc(C(=O)O)cc1N.O=C(O)c1ccccc1.[Y]. The fourth-order valence-electron chi connectivity index (χ4n) is 7.48. The Bertz CT molecular complexity index is 3640. The van der Waals surface area contributed by atoms with Crippen LogP contribution in [0.4, 0.5) is 39.8 Å². The summed E-state index contributed by atoms with van der Waals surface area (Å²) < 4.78 is 0. The van der Waals surface area contributed by atoms with E-state index in [1.165, 1.54) is 40.7 Å². The fourth-order valence-corrected chi connectivity index (χ4v) is 7.48. The quantitative estimate of drug-likeness (QED) is 0.0714. The van der Waals surface area contributed by atoms with Gasteiger partial charge in [0.25, 0.3) is 5.97 Å². The Labute approximate surface area is 499 Å². The summed E-state index contributed by atoms with van der Waals surface area (Å²) in [5.41, 5.74) is 51.5. The largest absolute Gasteiger partial charge is 0.481 e. The van der Waals surface area contributed by atoms with E-state index in [9.17, 15) is 9.59 Å². The summed E-state index contributed by atoms with van der Waals surface area (Å²) in [5.74, 6) is -0.886. The number of hydrogen-bond donors (Lipinski definition) is 11. The first-order valence-corrected chi connectivity index (χ1v) is 23.6. The molecule has 11 rings (SSSR count). The van der Waals surface area contributed by atoms with Crippen LogP contribution < -0.4 is 34.4 Å². The summed E-state index contributed by atoms with van der Waals surface area (Å²) in [5, 5.41) is 24.3. The minimum Gasteiger partial charge on any atom is -0.481 e. The van der Waals surface area contributed by atoms with Gasteiger partial charge < -0.3 is 59.7 Å². The number of hydrogen-bond acceptors (Lipinski definition) is 12. The predicted octanol–water partition coefficient (Wildman–Crippen LogP) is 14.0. The molecule has 0 fully saturated rings. The first kappa shape index (κ1) is 69.7. The van der Waals surface area contributed by atoms with E-state index >= 15 is 0 Å². The molecule has 0 amide bonds. The third-order valence-electron chi connectivity index (χ3n) is 11.3. The molecule has 421 valence electrons. The number of aromatic amines is 2. The van der Waals surface area contributed by atoms with E-state index in [1.807, 2.05) is 49.4 Å². The number of nitrogens with zero attached hydrogens (tertiary/aromatic N) is 3. The first-order chi connectivity index (χ1) is 36.2. The molecule has 81 heavy (non-hydrogen) atoms. The molecule has 1 radical (unpaired) electrons. The van der Waals surface area contributed by atoms with E-state index in [0.717, 1.165) is 74.9 Å². The summed E-state index contributed by atoms with van der Waals surface area (Å²) in [6, 6.07) is 52.8. The van der Waals surface area contributed by atoms with Crippen molar-refractivity contribution in [3.05, 3.63) is 198 Å². The normalized spacial score (nSPS) is 10.1. The average molecular weight is 1170 g/mol. The minimum absolute atomic E-state index is 0. The Kier molecular flexibility index (Phi) is 28.0. The Morgan fingerprint density at radius 2 is 0.889 bits per heavy atom. The molecule has 0 aliphatic carbocycles. The zero-order valence-corrected chi connectivity index (χ0v) is 45.7. The predicted molar refractivity (Wildman–Crippen MR) is 334 cm³/mol. The molecular formula is C63H75N11O6Y. The van der Waals surface area contributed by atoms with Crippen LogP contribution in [-0.4, -0.2) is 58.9 Å². The standard InChI is InChI=1S/C21H16N4.C12H14N4.C10H11N.C7H8N2O2.C7H6O2.C2H4O2.4CH4.Y/c1-13-22-17-9-7-15(11-19(17)23-13)16-8-10-18-20(12-16)25-21(24-18)14-5-3-2-4-6-14;13-9-3-1-7(5-11(9)15)8-2-4-10(14)12(16)6-8;1-7-3-4-9-6-8(2)11-10(9)5-7;8-5-2-1-4(7(10)11)3-6(5)9;8-7(9)6-4-2-1-3-5-6;1-2(3)4;;;;;/h2-12H,1H3,(H,22,23)(H,24,25);1-6H,13-16H2;3-5H,6H2,1-2H3;1-3H,8-9H2,(H,10,11);1-5H,(H,8,9);1H3,(H,3,4);4*1H4;. The number of carboxylic acid groups (broad SMARTS) is 3. The molecule has 17 N–H and O–H groups in total. The fraction of sp³-hybridized carbons (Fsp3) is 0.143. The molecule has 2 aromatic heterocycles. The number of aromatic nitrogens is 4. The molecule has 3 heterocycles. The van der Waals surface area contributed by atoms with Crippen LogP contribution in [0.25, 0.3) is 55.7 Å². The van der Waals surface area contributed by atoms with Gasteiger partial charge in [0, 0.05) is 57.3 Å². The second-order valence-electron chi connectivity index (χ2n) is 17.4. The van der Waals surface area contributed by atoms with Gasteiger partial charge >= 0.3 is 11.9 Å². The molecule has 0 saturated carbocycles. The third kappa shape index (κ3) is 20.1. The van der Waals surface area contributed by atoms with Crippen LogP contribution >= 0.6 is 0 Å². The van der Waals surface area contributed by atoms with Gasteiger partial charge in [-0.25, -0.2) is 19.6 Å². The molecule has 10 aromatic rings. The van der Waals surface area contributed by atoms with E-state index in [4.69, 9.17) is 59.5 Å². The summed E-state index contributed by atoms with van der Waals surface area (Å²) in [4.78, 5) is 49.9. The number of anilines is 6. The number of fused-ring (bicyclic) bond motifs is 3. The van der Waals surface area contributed by atoms with Crippen molar-refractivity contribution < 1.29 is 62.4 Å². The summed E-state index contributed by atoms with van der Waals surface area (Å²) in [6.07, 6.45) is 1.04. The summed E-state index contributed by atoms with van der Waals surface area (Å²) >= 11 is 0. The monoisotopic (exact) mass is 1170 g/mol. The number of nitrogen functional groups attached to an aromatic ring is 6. The Hall–Kier alpha value is -9.32. The van der Waals surface area contributed by atoms with Gasteiger partial charge in [-0.15, -0.1) is 0 Å². The molecule has 18 heteroatoms. The van der Waals surface area contributed by atoms with Crippen molar-refractivity contribution in [3.8, 4) is 33.6 Å². The summed E-state index contributed by atoms with van der Waals surface area (Å²) in [7, 11) is 0. The molecular weight excluding hydrogens is 1100 g/mol. The van der Waals surface area contributed by atoms with Crippen molar-refractivity contribution in [3.63, 3.8) is 0 Å². The minimum atomic E-state index is -1.00. The number of benzene rings is 8. The van der Waals surface area contributed by atoms with Gasteiger partial charge in [-0.2, -0.15) is 0 Å². The second-order valence-corrected chi connectivity index (χ2v) is 17.4. The molecule has 1 aliphatic rings. The van der Waals surface area contributed by atoms with E-state index in [1.54, 1.807) is 42.5 Å². The number of aliphatic imine (C=N–C) groups is 1. The van der Waals surface area contributed by atoms with E-state index in [2.05, 4.69) is 101 Å². The maximum absolute atomic E-state index is 10.4. The van der Waals surface area contributed by atoms with Gasteiger partial charge in [-0.3, -0.25) is 9.79 Å². The van der Waals surface area contributed by atoms with Crippen molar-refractivity contribution in [2.45, 2.75) is 63.8 Å². The first-order valence-electron chi connectivity index (χ1n) is 23.6. The number of imidazole rings is 2. The van der Waals surface area contributed by atoms with Crippen molar-refractivity contribution in [2.24, 2.45) is 4.99 Å². The zero-order valence-electron chi connectivity index (χ0n) is 42.8. The Morgan fingerprint density at radius 3 is 1.36 bits per heavy atom. The van der Waals surface area contributed by atoms with Crippen LogP contribution in [0.5, 0.6) is 0 Å². The molecule has 0 bridgehead atoms. The molecule has 17 nitrogen and oxygen atoms in total. The van der Waals surface area contributed by atoms with Crippen LogP contribution in [0, 0.1) is 13.8 Å². The number of aryl methyl sites for hydroxylation is 2. The van der Waals surface area contributed by atoms with Crippen LogP contribution in [0.15, 0.2) is 175 Å². The molecule has 0 spiro atoms. The van der Waals surface area contributed by atoms with Gasteiger partial charge in [-0.1, -0.05) is 115 Å². The smallest absolute Gasteiger partial charge is 0.335 e. The van der Waals surface area contributed by atoms with Gasteiger partial charge in [0.15, 0.2) is 0 Å². The van der Waals surface area contributed by atoms with Gasteiger partial charge in [-0.05, 0) is 139 Å². The third-order valence-corrected chi connectivity index (χ3v) is 11.3. The molecule has 0 saturated heterocycles. The Morgan fingerprint density at radius 1 is 0.457 bits per heavy atom. The number of aliphatic carboxylic acids is 1.